The molecule has 5 heteroatoms. The van der Waals surface area contributed by atoms with E-state index < -0.39 is 6.04 Å². The van der Waals surface area contributed by atoms with Gasteiger partial charge in [0.1, 0.15) is 6.04 Å². The second kappa shape index (κ2) is 6.64. The van der Waals surface area contributed by atoms with E-state index in [-0.39, 0.29) is 11.8 Å². The normalized spacial score (nSPS) is 11.6. The molecule has 0 saturated carbocycles. The summed E-state index contributed by atoms with van der Waals surface area (Å²) in [5.41, 5.74) is 0.429. The Bertz CT molecular complexity index is 492. The van der Waals surface area contributed by atoms with E-state index in [9.17, 15) is 4.79 Å². The molecule has 1 rings (SSSR count). The lowest BCUT2D eigenvalue weighted by Gasteiger charge is -2.15. The van der Waals surface area contributed by atoms with Crippen LogP contribution in [0.5, 0.6) is 11.5 Å². The smallest absolute Gasteiger partial charge is 0.252 e. The SMILES string of the molecule is COc1ccc(C(=O)NC(C#N)C(C)C)cc1OC. The number of nitrogens with zero attached hydrogens (tertiary/aromatic N) is 1. The lowest BCUT2D eigenvalue weighted by atomic mass is 10.1. The molecule has 1 N–H and O–H groups in total. The van der Waals surface area contributed by atoms with Crippen LogP contribution in [-0.2, 0) is 0 Å². The van der Waals surface area contributed by atoms with Crippen molar-refractivity contribution in [2.75, 3.05) is 14.2 Å². The number of carbonyl (C=O) groups is 1. The van der Waals surface area contributed by atoms with Crippen LogP contribution >= 0.6 is 0 Å². The molecule has 1 aromatic rings. The van der Waals surface area contributed by atoms with Gasteiger partial charge in [0.05, 0.1) is 20.3 Å². The predicted octanol–water partition coefficient (Wildman–Crippen LogP) is 1.98. The summed E-state index contributed by atoms with van der Waals surface area (Å²) >= 11 is 0. The molecule has 0 bridgehead atoms. The van der Waals surface area contributed by atoms with Gasteiger partial charge in [0.2, 0.25) is 0 Å². The second-order valence-electron chi connectivity index (χ2n) is 4.39. The second-order valence-corrected chi connectivity index (χ2v) is 4.39. The van der Waals surface area contributed by atoms with Crippen molar-refractivity contribution in [1.82, 2.24) is 5.32 Å². The molecule has 0 radical (unpaired) electrons. The fraction of sp³-hybridized carbons (Fsp3) is 0.429. The van der Waals surface area contributed by atoms with Gasteiger partial charge in [0.15, 0.2) is 11.5 Å². The number of nitrogens with one attached hydrogen (secondary N) is 1. The van der Waals surface area contributed by atoms with Gasteiger partial charge in [-0.15, -0.1) is 0 Å². The van der Waals surface area contributed by atoms with Gasteiger partial charge in [-0.3, -0.25) is 4.79 Å². The highest BCUT2D eigenvalue weighted by molar-refractivity contribution is 5.95. The van der Waals surface area contributed by atoms with Crippen LogP contribution in [0.1, 0.15) is 24.2 Å². The van der Waals surface area contributed by atoms with Gasteiger partial charge >= 0.3 is 0 Å². The highest BCUT2D eigenvalue weighted by atomic mass is 16.5. The largest absolute Gasteiger partial charge is 0.493 e. The number of rotatable bonds is 5. The van der Waals surface area contributed by atoms with Crippen LogP contribution in [-0.4, -0.2) is 26.2 Å². The van der Waals surface area contributed by atoms with Gasteiger partial charge in [-0.05, 0) is 24.1 Å². The van der Waals surface area contributed by atoms with Crippen molar-refractivity contribution in [2.45, 2.75) is 19.9 Å². The topological polar surface area (TPSA) is 71.3 Å². The minimum absolute atomic E-state index is 0.0501. The molecule has 5 nitrogen and oxygen atoms in total. The van der Waals surface area contributed by atoms with Crippen LogP contribution in [0.2, 0.25) is 0 Å². The molecular weight excluding hydrogens is 244 g/mol. The summed E-state index contributed by atoms with van der Waals surface area (Å²) in [5, 5.41) is 11.6. The third-order valence-electron chi connectivity index (χ3n) is 2.74. The maximum absolute atomic E-state index is 12.0. The Kier molecular flexibility index (Phi) is 5.19. The number of benzene rings is 1. The number of ether oxygens (including phenoxy) is 2. The maximum atomic E-state index is 12.0. The van der Waals surface area contributed by atoms with Crippen molar-refractivity contribution < 1.29 is 14.3 Å². The molecule has 1 aromatic carbocycles. The summed E-state index contributed by atoms with van der Waals surface area (Å²) in [6, 6.07) is 6.43. The molecule has 0 fully saturated rings. The number of amides is 1. The molecule has 102 valence electrons. The molecule has 0 saturated heterocycles. The molecular formula is C14H18N2O3. The van der Waals surface area contributed by atoms with Crippen LogP contribution in [0.15, 0.2) is 18.2 Å². The van der Waals surface area contributed by atoms with E-state index in [1.54, 1.807) is 18.2 Å². The van der Waals surface area contributed by atoms with E-state index in [4.69, 9.17) is 14.7 Å². The average Bonchev–Trinajstić information content (AvgIpc) is 2.43. The van der Waals surface area contributed by atoms with Crippen molar-refractivity contribution in [3.63, 3.8) is 0 Å². The van der Waals surface area contributed by atoms with E-state index in [1.807, 2.05) is 13.8 Å². The number of methoxy groups -OCH3 is 2. The quantitative estimate of drug-likeness (QED) is 0.880. The first kappa shape index (κ1) is 14.8. The Morgan fingerprint density at radius 3 is 2.37 bits per heavy atom. The monoisotopic (exact) mass is 262 g/mol. The van der Waals surface area contributed by atoms with Crippen molar-refractivity contribution in [2.24, 2.45) is 5.92 Å². The van der Waals surface area contributed by atoms with Crippen LogP contribution in [0.4, 0.5) is 0 Å². The third-order valence-corrected chi connectivity index (χ3v) is 2.74. The van der Waals surface area contributed by atoms with Gasteiger partial charge in [-0.1, -0.05) is 13.8 Å². The molecule has 0 heterocycles. The zero-order valence-corrected chi connectivity index (χ0v) is 11.6. The van der Waals surface area contributed by atoms with Crippen LogP contribution in [0.3, 0.4) is 0 Å². The minimum atomic E-state index is -0.513. The average molecular weight is 262 g/mol. The summed E-state index contributed by atoms with van der Waals surface area (Å²) in [4.78, 5) is 12.0. The lowest BCUT2D eigenvalue weighted by Crippen LogP contribution is -2.37. The predicted molar refractivity (Wildman–Crippen MR) is 71.3 cm³/mol. The van der Waals surface area contributed by atoms with Gasteiger partial charge in [0.25, 0.3) is 5.91 Å². The fourth-order valence-electron chi connectivity index (χ4n) is 1.55. The summed E-state index contributed by atoms with van der Waals surface area (Å²) < 4.78 is 10.2. The van der Waals surface area contributed by atoms with Crippen LogP contribution in [0, 0.1) is 17.2 Å². The number of hydrogen-bond donors (Lipinski definition) is 1. The molecule has 0 aliphatic rings. The molecule has 1 atom stereocenters. The Hall–Kier alpha value is -2.22. The van der Waals surface area contributed by atoms with Crippen LogP contribution < -0.4 is 14.8 Å². The first-order valence-electron chi connectivity index (χ1n) is 5.96. The molecule has 0 aliphatic heterocycles. The molecule has 19 heavy (non-hydrogen) atoms. The Morgan fingerprint density at radius 1 is 1.26 bits per heavy atom. The molecule has 1 unspecified atom stereocenters. The van der Waals surface area contributed by atoms with Crippen LogP contribution in [0.25, 0.3) is 0 Å². The molecule has 0 aromatic heterocycles. The first-order valence-corrected chi connectivity index (χ1v) is 5.96. The van der Waals surface area contributed by atoms with Gasteiger partial charge in [-0.2, -0.15) is 5.26 Å². The van der Waals surface area contributed by atoms with Gasteiger partial charge in [-0.25, -0.2) is 0 Å². The van der Waals surface area contributed by atoms with E-state index in [1.165, 1.54) is 14.2 Å². The van der Waals surface area contributed by atoms with Gasteiger partial charge < -0.3 is 14.8 Å². The lowest BCUT2D eigenvalue weighted by molar-refractivity contribution is 0.0937. The summed E-state index contributed by atoms with van der Waals surface area (Å²) in [6.45, 7) is 3.76. The first-order chi connectivity index (χ1) is 9.03. The highest BCUT2D eigenvalue weighted by Crippen LogP contribution is 2.27. The molecule has 0 spiro atoms. The summed E-state index contributed by atoms with van der Waals surface area (Å²) in [6.07, 6.45) is 0. The fourth-order valence-corrected chi connectivity index (χ4v) is 1.55. The number of carbonyl (C=O) groups excluding carboxylic acids is 1. The Morgan fingerprint density at radius 2 is 1.89 bits per heavy atom. The zero-order valence-electron chi connectivity index (χ0n) is 11.6. The van der Waals surface area contributed by atoms with Crippen molar-refractivity contribution in [3.05, 3.63) is 23.8 Å². The summed E-state index contributed by atoms with van der Waals surface area (Å²) in [5.74, 6) is 0.781. The van der Waals surface area contributed by atoms with E-state index in [2.05, 4.69) is 11.4 Å². The standard InChI is InChI=1S/C14H18N2O3/c1-9(2)11(8-15)16-14(17)10-5-6-12(18-3)13(7-10)19-4/h5-7,9,11H,1-4H3,(H,16,17). The Labute approximate surface area is 113 Å². The van der Waals surface area contributed by atoms with E-state index in [0.29, 0.717) is 17.1 Å². The third kappa shape index (κ3) is 3.62. The molecule has 1 amide bonds. The highest BCUT2D eigenvalue weighted by Gasteiger charge is 2.17. The zero-order chi connectivity index (χ0) is 14.4. The Balaban J connectivity index is 2.92. The number of hydrogen-bond acceptors (Lipinski definition) is 4. The maximum Gasteiger partial charge on any atom is 0.252 e. The van der Waals surface area contributed by atoms with Gasteiger partial charge in [0, 0.05) is 5.56 Å². The minimum Gasteiger partial charge on any atom is -0.493 e. The van der Waals surface area contributed by atoms with E-state index in [0.717, 1.165) is 0 Å². The summed E-state index contributed by atoms with van der Waals surface area (Å²) in [7, 11) is 3.04. The van der Waals surface area contributed by atoms with Crippen molar-refractivity contribution in [1.29, 1.82) is 5.26 Å². The van der Waals surface area contributed by atoms with Crippen molar-refractivity contribution >= 4 is 5.91 Å². The van der Waals surface area contributed by atoms with Crippen molar-refractivity contribution in [3.8, 4) is 17.6 Å². The van der Waals surface area contributed by atoms with E-state index >= 15 is 0 Å². The molecule has 0 aliphatic carbocycles. The number of nitriles is 1.